The van der Waals surface area contributed by atoms with Crippen LogP contribution in [0, 0.1) is 0 Å². The number of hydrogen-bond donors (Lipinski definition) is 1. The van der Waals surface area contributed by atoms with E-state index in [0.29, 0.717) is 30.4 Å². The van der Waals surface area contributed by atoms with Crippen LogP contribution in [0.1, 0.15) is 5.56 Å². The Labute approximate surface area is 247 Å². The molecule has 10 nitrogen and oxygen atoms in total. The van der Waals surface area contributed by atoms with E-state index in [4.69, 9.17) is 20.4 Å². The summed E-state index contributed by atoms with van der Waals surface area (Å²) in [5.74, 6) is 1.26. The summed E-state index contributed by atoms with van der Waals surface area (Å²) in [7, 11) is 1.43. The van der Waals surface area contributed by atoms with E-state index in [-0.39, 0.29) is 5.75 Å². The quantitative estimate of drug-likeness (QED) is 0.286. The van der Waals surface area contributed by atoms with Crippen LogP contribution in [-0.4, -0.2) is 57.7 Å². The molecule has 3 aromatic carbocycles. The molecule has 43 heavy (non-hydrogen) atoms. The monoisotopic (exact) mass is 571 g/mol. The first-order valence-electron chi connectivity index (χ1n) is 14.1. The molecule has 0 spiro atoms. The number of rotatable bonds is 7. The van der Waals surface area contributed by atoms with Crippen molar-refractivity contribution >= 4 is 22.7 Å². The maximum absolute atomic E-state index is 12.1. The number of nitrogen functional groups attached to an aromatic ring is 1. The van der Waals surface area contributed by atoms with Gasteiger partial charge < -0.3 is 15.4 Å². The van der Waals surface area contributed by atoms with E-state index in [1.54, 1.807) is 6.20 Å². The molecule has 6 aromatic rings. The van der Waals surface area contributed by atoms with Gasteiger partial charge in [0.2, 0.25) is 0 Å². The van der Waals surface area contributed by atoms with Crippen molar-refractivity contribution in [3.63, 3.8) is 0 Å². The summed E-state index contributed by atoms with van der Waals surface area (Å²) in [5, 5.41) is 0. The van der Waals surface area contributed by atoms with Crippen LogP contribution in [0.15, 0.2) is 94.6 Å². The minimum Gasteiger partial charge on any atom is -0.491 e. The Bertz CT molecular complexity index is 2000. The van der Waals surface area contributed by atoms with Crippen LogP contribution in [-0.2, 0) is 6.54 Å². The Kier molecular flexibility index (Phi) is 6.67. The van der Waals surface area contributed by atoms with Crippen LogP contribution in [0.2, 0.25) is 0 Å². The van der Waals surface area contributed by atoms with Gasteiger partial charge in [-0.05, 0) is 42.0 Å². The molecular formula is C33H29N7O3. The van der Waals surface area contributed by atoms with Crippen LogP contribution < -0.4 is 26.2 Å². The molecule has 1 saturated heterocycles. The third-order valence-corrected chi connectivity index (χ3v) is 7.99. The Hall–Kier alpha value is -5.35. The molecule has 7 rings (SSSR count). The topological polar surface area (TPSA) is 119 Å². The lowest BCUT2D eigenvalue weighted by Gasteiger charge is -2.36. The zero-order chi connectivity index (χ0) is 29.5. The molecule has 2 N–H and O–H groups in total. The molecule has 4 heterocycles. The van der Waals surface area contributed by atoms with Gasteiger partial charge in [-0.1, -0.05) is 42.5 Å². The van der Waals surface area contributed by atoms with Crippen LogP contribution in [0.3, 0.4) is 0 Å². The number of nitrogens with zero attached hydrogens (tertiary/aromatic N) is 6. The van der Waals surface area contributed by atoms with Crippen molar-refractivity contribution in [2.24, 2.45) is 0 Å². The molecule has 10 heteroatoms. The summed E-state index contributed by atoms with van der Waals surface area (Å²) in [6.07, 6.45) is 1.67. The van der Waals surface area contributed by atoms with Gasteiger partial charge in [0.25, 0.3) is 10.9 Å². The number of aromatic nitrogens is 4. The fourth-order valence-electron chi connectivity index (χ4n) is 5.73. The Morgan fingerprint density at radius 1 is 0.837 bits per heavy atom. The van der Waals surface area contributed by atoms with Gasteiger partial charge >= 0.3 is 0 Å². The predicted octanol–water partition coefficient (Wildman–Crippen LogP) is 3.66. The molecule has 0 amide bonds. The maximum atomic E-state index is 12.1. The Balaban J connectivity index is 1.17. The van der Waals surface area contributed by atoms with Gasteiger partial charge in [0.05, 0.1) is 18.4 Å². The van der Waals surface area contributed by atoms with Crippen molar-refractivity contribution in [2.75, 3.05) is 43.9 Å². The zero-order valence-corrected chi connectivity index (χ0v) is 23.6. The summed E-state index contributed by atoms with van der Waals surface area (Å²) < 4.78 is 7.17. The lowest BCUT2D eigenvalue weighted by atomic mass is 10.1. The van der Waals surface area contributed by atoms with E-state index in [1.165, 1.54) is 7.11 Å². The van der Waals surface area contributed by atoms with Gasteiger partial charge in [0, 0.05) is 50.2 Å². The number of benzene rings is 2. The minimum absolute atomic E-state index is 0.179. The van der Waals surface area contributed by atoms with Crippen molar-refractivity contribution in [3.8, 4) is 34.1 Å². The number of imidazole rings is 1. The van der Waals surface area contributed by atoms with Gasteiger partial charge in [0.15, 0.2) is 17.2 Å². The third kappa shape index (κ3) is 4.71. The predicted molar refractivity (Wildman–Crippen MR) is 167 cm³/mol. The molecular weight excluding hydrogens is 542 g/mol. The molecule has 0 saturated carbocycles. The maximum Gasteiger partial charge on any atom is 0.272 e. The average molecular weight is 572 g/mol. The zero-order valence-electron chi connectivity index (χ0n) is 23.6. The standard InChI is InChI=1S/C33H29N7O3/c1-43-30-27(28(41)29(30)42)39-18-16-38(17-19-39)20-21-9-11-23(12-10-21)40-32(24-8-5-15-35-31(24)34)37-26-14-13-25(36-33(26)40)22-6-3-2-4-7-22/h2-15H,16-20H2,1H3,(H2,34,35). The Morgan fingerprint density at radius 3 is 2.33 bits per heavy atom. The van der Waals surface area contributed by atoms with E-state index < -0.39 is 10.9 Å². The van der Waals surface area contributed by atoms with Crippen molar-refractivity contribution in [3.05, 3.63) is 111 Å². The molecule has 0 atom stereocenters. The first-order valence-corrected chi connectivity index (χ1v) is 14.1. The second kappa shape index (κ2) is 10.8. The number of ether oxygens (including phenoxy) is 1. The minimum atomic E-state index is -0.536. The number of methoxy groups -OCH3 is 1. The normalized spacial score (nSPS) is 14.0. The lowest BCUT2D eigenvalue weighted by Crippen LogP contribution is -2.50. The lowest BCUT2D eigenvalue weighted by molar-refractivity contribution is 0.248. The highest BCUT2D eigenvalue weighted by molar-refractivity contribution is 5.84. The fourth-order valence-corrected chi connectivity index (χ4v) is 5.73. The summed E-state index contributed by atoms with van der Waals surface area (Å²) in [6, 6.07) is 26.2. The highest BCUT2D eigenvalue weighted by Crippen LogP contribution is 2.32. The van der Waals surface area contributed by atoms with Gasteiger partial charge in [-0.25, -0.2) is 15.0 Å². The first kappa shape index (κ1) is 26.5. The fraction of sp³-hybridized carbons (Fsp3) is 0.182. The number of pyridine rings is 2. The third-order valence-electron chi connectivity index (χ3n) is 7.99. The molecule has 0 unspecified atom stereocenters. The van der Waals surface area contributed by atoms with Gasteiger partial charge in [-0.2, -0.15) is 0 Å². The van der Waals surface area contributed by atoms with Gasteiger partial charge in [-0.15, -0.1) is 0 Å². The number of fused-ring (bicyclic) bond motifs is 1. The second-order valence-electron chi connectivity index (χ2n) is 10.6. The number of piperazine rings is 1. The summed E-state index contributed by atoms with van der Waals surface area (Å²) >= 11 is 0. The molecule has 0 aliphatic carbocycles. The summed E-state index contributed by atoms with van der Waals surface area (Å²) in [5.41, 5.74) is 11.9. The number of anilines is 2. The van der Waals surface area contributed by atoms with Gasteiger partial charge in [0.1, 0.15) is 17.0 Å². The van der Waals surface area contributed by atoms with Crippen LogP contribution >= 0.6 is 0 Å². The first-order chi connectivity index (χ1) is 21.0. The smallest absolute Gasteiger partial charge is 0.272 e. The average Bonchev–Trinajstić information content (AvgIpc) is 3.43. The molecule has 214 valence electrons. The van der Waals surface area contributed by atoms with E-state index in [9.17, 15) is 9.59 Å². The van der Waals surface area contributed by atoms with Crippen molar-refractivity contribution in [1.82, 2.24) is 24.4 Å². The van der Waals surface area contributed by atoms with E-state index in [0.717, 1.165) is 58.9 Å². The van der Waals surface area contributed by atoms with E-state index in [2.05, 4.69) is 34.1 Å². The van der Waals surface area contributed by atoms with Crippen LogP contribution in [0.4, 0.5) is 11.5 Å². The molecule has 0 bridgehead atoms. The summed E-state index contributed by atoms with van der Waals surface area (Å²) in [4.78, 5) is 42.4. The second-order valence-corrected chi connectivity index (χ2v) is 10.6. The highest BCUT2D eigenvalue weighted by atomic mass is 16.5. The number of hydrogen-bond acceptors (Lipinski definition) is 9. The summed E-state index contributed by atoms with van der Waals surface area (Å²) in [6.45, 7) is 3.62. The van der Waals surface area contributed by atoms with Crippen LogP contribution in [0.5, 0.6) is 5.75 Å². The van der Waals surface area contributed by atoms with E-state index in [1.807, 2.05) is 64.1 Å². The van der Waals surface area contributed by atoms with Crippen molar-refractivity contribution in [1.29, 1.82) is 0 Å². The number of nitrogens with two attached hydrogens (primary N) is 1. The van der Waals surface area contributed by atoms with Crippen LogP contribution in [0.25, 0.3) is 39.5 Å². The van der Waals surface area contributed by atoms with Crippen molar-refractivity contribution in [2.45, 2.75) is 6.54 Å². The molecule has 1 fully saturated rings. The SMILES string of the molecule is COc1c(N2CCN(Cc3ccc(-n4c(-c5cccnc5N)nc5ccc(-c6ccccc6)nc54)cc3)CC2)c(=O)c1=O. The molecule has 3 aromatic heterocycles. The van der Waals surface area contributed by atoms with E-state index >= 15 is 0 Å². The largest absolute Gasteiger partial charge is 0.491 e. The Morgan fingerprint density at radius 2 is 1.60 bits per heavy atom. The van der Waals surface area contributed by atoms with Crippen molar-refractivity contribution < 1.29 is 4.74 Å². The molecule has 1 aliphatic heterocycles. The molecule has 1 aliphatic rings. The molecule has 0 radical (unpaired) electrons. The highest BCUT2D eigenvalue weighted by Gasteiger charge is 2.29. The van der Waals surface area contributed by atoms with Gasteiger partial charge in [-0.3, -0.25) is 19.1 Å².